The first-order chi connectivity index (χ1) is 12.2. The predicted molar refractivity (Wildman–Crippen MR) is 98.0 cm³/mol. The van der Waals surface area contributed by atoms with E-state index >= 15 is 0 Å². The molecule has 7 nitrogen and oxygen atoms in total. The Balaban J connectivity index is 1.88. The quantitative estimate of drug-likeness (QED) is 0.862. The van der Waals surface area contributed by atoms with Gasteiger partial charge < -0.3 is 4.18 Å². The molecule has 1 aliphatic heterocycles. The Kier molecular flexibility index (Phi) is 4.99. The van der Waals surface area contributed by atoms with E-state index in [1.54, 1.807) is 18.2 Å². The van der Waals surface area contributed by atoms with Crippen molar-refractivity contribution in [2.75, 3.05) is 0 Å². The van der Waals surface area contributed by atoms with E-state index in [0.717, 1.165) is 11.1 Å². The van der Waals surface area contributed by atoms with Crippen LogP contribution in [-0.4, -0.2) is 25.0 Å². The lowest BCUT2D eigenvalue weighted by Gasteiger charge is -2.21. The molecular formula is C17H16ClN3O4S. The molecule has 1 amide bonds. The summed E-state index contributed by atoms with van der Waals surface area (Å²) < 4.78 is 26.5. The maximum absolute atomic E-state index is 12.0. The van der Waals surface area contributed by atoms with Gasteiger partial charge in [-0.25, -0.2) is 5.01 Å². The van der Waals surface area contributed by atoms with Crippen molar-refractivity contribution in [1.29, 1.82) is 0 Å². The van der Waals surface area contributed by atoms with Crippen LogP contribution >= 0.6 is 11.6 Å². The van der Waals surface area contributed by atoms with Crippen molar-refractivity contribution in [2.45, 2.75) is 19.4 Å². The van der Waals surface area contributed by atoms with Gasteiger partial charge in [-0.2, -0.15) is 18.7 Å². The van der Waals surface area contributed by atoms with Crippen LogP contribution in [0.25, 0.3) is 0 Å². The molecule has 1 atom stereocenters. The lowest BCUT2D eigenvalue weighted by Crippen LogP contribution is -2.24. The Morgan fingerprint density at radius 3 is 2.46 bits per heavy atom. The largest absolute Gasteiger partial charge is 0.380 e. The highest BCUT2D eigenvalue weighted by atomic mass is 35.5. The summed E-state index contributed by atoms with van der Waals surface area (Å²) in [6.07, 6.45) is 0.485. The maximum atomic E-state index is 12.0. The maximum Gasteiger partial charge on any atom is 0.380 e. The van der Waals surface area contributed by atoms with Crippen molar-refractivity contribution in [2.24, 2.45) is 10.2 Å². The number of nitrogens with zero attached hydrogens (tertiary/aromatic N) is 2. The van der Waals surface area contributed by atoms with Gasteiger partial charge in [-0.15, -0.1) is 0 Å². The molecule has 136 valence electrons. The molecule has 2 aromatic carbocycles. The molecule has 0 aromatic heterocycles. The zero-order valence-electron chi connectivity index (χ0n) is 13.8. The summed E-state index contributed by atoms with van der Waals surface area (Å²) in [5.74, 6) is -0.0972. The highest BCUT2D eigenvalue weighted by Crippen LogP contribution is 2.36. The molecule has 26 heavy (non-hydrogen) atoms. The average molecular weight is 394 g/mol. The number of benzene rings is 2. The van der Waals surface area contributed by atoms with Crippen LogP contribution in [0, 0.1) is 0 Å². The molecule has 3 rings (SSSR count). The normalized spacial score (nSPS) is 17.1. The third kappa shape index (κ3) is 4.04. The molecule has 0 saturated carbocycles. The summed E-state index contributed by atoms with van der Waals surface area (Å²) >= 11 is 6.28. The summed E-state index contributed by atoms with van der Waals surface area (Å²) in [5.41, 5.74) is 2.25. The molecule has 1 aliphatic rings. The Hall–Kier alpha value is -2.42. The minimum absolute atomic E-state index is 0.0981. The van der Waals surface area contributed by atoms with Crippen LogP contribution in [0.2, 0.25) is 5.02 Å². The fourth-order valence-corrected chi connectivity index (χ4v) is 3.44. The topological polar surface area (TPSA) is 102 Å². The van der Waals surface area contributed by atoms with Crippen LogP contribution in [0.15, 0.2) is 53.6 Å². The summed E-state index contributed by atoms with van der Waals surface area (Å²) in [7, 11) is -4.08. The average Bonchev–Trinajstić information content (AvgIpc) is 3.00. The molecule has 0 bridgehead atoms. The molecule has 0 spiro atoms. The van der Waals surface area contributed by atoms with Crippen molar-refractivity contribution >= 4 is 33.5 Å². The lowest BCUT2D eigenvalue weighted by atomic mass is 9.98. The first kappa shape index (κ1) is 18.4. The molecule has 9 heteroatoms. The van der Waals surface area contributed by atoms with Crippen molar-refractivity contribution in [1.82, 2.24) is 5.01 Å². The number of hydrogen-bond donors (Lipinski definition) is 1. The smallest absolute Gasteiger partial charge is 0.371 e. The summed E-state index contributed by atoms with van der Waals surface area (Å²) in [4.78, 5) is 12.0. The fraction of sp³-hybridized carbons (Fsp3) is 0.176. The van der Waals surface area contributed by atoms with Gasteiger partial charge in [-0.1, -0.05) is 29.8 Å². The van der Waals surface area contributed by atoms with Gasteiger partial charge in [0.15, 0.2) is 0 Å². The van der Waals surface area contributed by atoms with Crippen LogP contribution in [-0.2, 0) is 15.1 Å². The third-order valence-corrected chi connectivity index (χ3v) is 4.67. The second kappa shape index (κ2) is 7.06. The summed E-state index contributed by atoms with van der Waals surface area (Å²) in [6.45, 7) is 1.44. The fourth-order valence-electron chi connectivity index (χ4n) is 2.80. The standard InChI is InChI=1S/C17H16ClN3O4S/c1-11(22)21-17(14-4-2-3-5-15(14)18)10-16(20-21)12-6-8-13(9-7-12)25-26(19,23)24/h2-9,17H,10H2,1H3,(H2,19,23,24). The van der Waals surface area contributed by atoms with Crippen molar-refractivity contribution < 1.29 is 17.4 Å². The van der Waals surface area contributed by atoms with Gasteiger partial charge in [0, 0.05) is 18.4 Å². The van der Waals surface area contributed by atoms with Crippen LogP contribution in [0.3, 0.4) is 0 Å². The van der Waals surface area contributed by atoms with E-state index < -0.39 is 10.3 Å². The molecular weight excluding hydrogens is 378 g/mol. The van der Waals surface area contributed by atoms with E-state index in [4.69, 9.17) is 16.7 Å². The number of hydrogen-bond acceptors (Lipinski definition) is 5. The van der Waals surface area contributed by atoms with Gasteiger partial charge in [0.1, 0.15) is 5.75 Å². The van der Waals surface area contributed by atoms with Crippen LogP contribution in [0.5, 0.6) is 5.75 Å². The predicted octanol–water partition coefficient (Wildman–Crippen LogP) is 2.62. The Bertz CT molecular complexity index is 974. The molecule has 0 aliphatic carbocycles. The van der Waals surface area contributed by atoms with Crippen molar-refractivity contribution in [3.63, 3.8) is 0 Å². The number of amides is 1. The SMILES string of the molecule is CC(=O)N1N=C(c2ccc(OS(N)(=O)=O)cc2)CC1c1ccccc1Cl. The molecule has 1 heterocycles. The number of nitrogens with two attached hydrogens (primary N) is 1. The first-order valence-electron chi connectivity index (χ1n) is 7.69. The second-order valence-corrected chi connectivity index (χ2v) is 7.31. The first-order valence-corrected chi connectivity index (χ1v) is 9.54. The number of hydrazone groups is 1. The van der Waals surface area contributed by atoms with Gasteiger partial charge in [-0.05, 0) is 41.5 Å². The third-order valence-electron chi connectivity index (χ3n) is 3.90. The minimum Gasteiger partial charge on any atom is -0.371 e. The second-order valence-electron chi connectivity index (χ2n) is 5.75. The lowest BCUT2D eigenvalue weighted by molar-refractivity contribution is -0.130. The molecule has 0 fully saturated rings. The van der Waals surface area contributed by atoms with Crippen LogP contribution in [0.1, 0.15) is 30.5 Å². The van der Waals surface area contributed by atoms with Gasteiger partial charge in [0.05, 0.1) is 11.8 Å². The number of carbonyl (C=O) groups is 1. The van der Waals surface area contributed by atoms with Gasteiger partial charge in [0.2, 0.25) is 5.91 Å². The summed E-state index contributed by atoms with van der Waals surface area (Å²) in [6, 6.07) is 13.3. The van der Waals surface area contributed by atoms with E-state index in [2.05, 4.69) is 9.28 Å². The molecule has 0 radical (unpaired) electrons. The summed E-state index contributed by atoms with van der Waals surface area (Å²) in [5, 5.41) is 11.2. The Morgan fingerprint density at radius 2 is 1.88 bits per heavy atom. The highest BCUT2D eigenvalue weighted by Gasteiger charge is 2.32. The van der Waals surface area contributed by atoms with Crippen LogP contribution in [0.4, 0.5) is 0 Å². The Morgan fingerprint density at radius 1 is 1.23 bits per heavy atom. The monoisotopic (exact) mass is 393 g/mol. The number of rotatable bonds is 4. The zero-order valence-corrected chi connectivity index (χ0v) is 15.4. The van der Waals surface area contributed by atoms with E-state index in [0.29, 0.717) is 17.2 Å². The van der Waals surface area contributed by atoms with Gasteiger partial charge >= 0.3 is 10.3 Å². The van der Waals surface area contributed by atoms with Gasteiger partial charge in [0.25, 0.3) is 0 Å². The van der Waals surface area contributed by atoms with Crippen molar-refractivity contribution in [3.05, 3.63) is 64.7 Å². The highest BCUT2D eigenvalue weighted by molar-refractivity contribution is 7.84. The van der Waals surface area contributed by atoms with E-state index in [1.165, 1.54) is 24.1 Å². The number of carbonyl (C=O) groups excluding carboxylic acids is 1. The van der Waals surface area contributed by atoms with Crippen molar-refractivity contribution in [3.8, 4) is 5.75 Å². The minimum atomic E-state index is -4.08. The van der Waals surface area contributed by atoms with E-state index in [1.807, 2.05) is 18.2 Å². The zero-order chi connectivity index (χ0) is 18.9. The number of halogens is 1. The molecule has 1 unspecified atom stereocenters. The van der Waals surface area contributed by atoms with E-state index in [-0.39, 0.29) is 17.7 Å². The molecule has 0 saturated heterocycles. The molecule has 2 N–H and O–H groups in total. The van der Waals surface area contributed by atoms with Gasteiger partial charge in [-0.3, -0.25) is 4.79 Å². The molecule has 2 aromatic rings. The van der Waals surface area contributed by atoms with E-state index in [9.17, 15) is 13.2 Å². The van der Waals surface area contributed by atoms with Crippen LogP contribution < -0.4 is 9.32 Å². The Labute approximate surface area is 156 Å².